The van der Waals surface area contributed by atoms with E-state index in [4.69, 9.17) is 4.98 Å². The second kappa shape index (κ2) is 6.99. The van der Waals surface area contributed by atoms with Crippen LogP contribution in [-0.2, 0) is 13.0 Å². The van der Waals surface area contributed by atoms with Crippen LogP contribution in [0.25, 0.3) is 10.7 Å². The molecule has 1 N–H and O–H groups in total. The molecule has 0 bridgehead atoms. The van der Waals surface area contributed by atoms with E-state index in [9.17, 15) is 0 Å². The molecule has 0 aliphatic heterocycles. The number of hydrogen-bond acceptors (Lipinski definition) is 4. The molecule has 2 rings (SSSR count). The van der Waals surface area contributed by atoms with Gasteiger partial charge >= 0.3 is 0 Å². The Bertz CT molecular complexity index is 585. The zero-order chi connectivity index (χ0) is 15.5. The van der Waals surface area contributed by atoms with Gasteiger partial charge < -0.3 is 5.32 Å². The molecule has 2 aromatic rings. The number of halogens is 1. The first-order valence-electron chi connectivity index (χ1n) is 7.24. The zero-order valence-corrected chi connectivity index (χ0v) is 15.4. The summed E-state index contributed by atoms with van der Waals surface area (Å²) >= 11 is 5.17. The van der Waals surface area contributed by atoms with Crippen LogP contribution in [0.4, 0.5) is 0 Å². The smallest absolute Gasteiger partial charge is 0.142 e. The second-order valence-electron chi connectivity index (χ2n) is 6.10. The van der Waals surface area contributed by atoms with E-state index in [0.717, 1.165) is 34.6 Å². The van der Waals surface area contributed by atoms with E-state index in [1.54, 1.807) is 11.3 Å². The highest BCUT2D eigenvalue weighted by atomic mass is 79.9. The van der Waals surface area contributed by atoms with Gasteiger partial charge in [0.25, 0.3) is 0 Å². The monoisotopic (exact) mass is 367 g/mol. The summed E-state index contributed by atoms with van der Waals surface area (Å²) in [6.45, 7) is 9.62. The normalized spacial score (nSPS) is 11.9. The van der Waals surface area contributed by atoms with Crippen LogP contribution >= 0.6 is 27.3 Å². The number of rotatable bonds is 5. The number of nitrogens with one attached hydrogen (secondary N) is 1. The largest absolute Gasteiger partial charge is 0.307 e. The molecule has 5 heteroatoms. The lowest BCUT2D eigenvalue weighted by Gasteiger charge is -2.20. The first-order chi connectivity index (χ1) is 9.89. The highest BCUT2D eigenvalue weighted by molar-refractivity contribution is 9.10. The van der Waals surface area contributed by atoms with Gasteiger partial charge in [-0.25, -0.2) is 4.98 Å². The first kappa shape index (κ1) is 16.6. The molecular formula is C16H22BrN3S. The number of pyridine rings is 1. The third-order valence-electron chi connectivity index (χ3n) is 2.99. The van der Waals surface area contributed by atoms with Crippen molar-refractivity contribution in [1.82, 2.24) is 15.3 Å². The van der Waals surface area contributed by atoms with Crippen molar-refractivity contribution in [1.29, 1.82) is 0 Å². The fourth-order valence-electron chi connectivity index (χ4n) is 1.91. The maximum absolute atomic E-state index is 4.80. The molecule has 0 unspecified atom stereocenters. The zero-order valence-electron chi connectivity index (χ0n) is 13.0. The van der Waals surface area contributed by atoms with Crippen molar-refractivity contribution < 1.29 is 0 Å². The third kappa shape index (κ3) is 4.87. The molecule has 0 fully saturated rings. The standard InChI is InChI=1S/C16H22BrN3S/c1-5-6-12-14(10-19-16(2,3)4)21-15(20-12)13-8-7-11(17)9-18-13/h7-9,19H,5-6,10H2,1-4H3. The average molecular weight is 368 g/mol. The number of hydrogen-bond donors (Lipinski definition) is 1. The summed E-state index contributed by atoms with van der Waals surface area (Å²) < 4.78 is 0.992. The van der Waals surface area contributed by atoms with Crippen LogP contribution < -0.4 is 5.32 Å². The van der Waals surface area contributed by atoms with Crippen molar-refractivity contribution in [3.8, 4) is 10.7 Å². The molecule has 114 valence electrons. The number of nitrogens with zero attached hydrogens (tertiary/aromatic N) is 2. The Labute approximate surface area is 139 Å². The summed E-state index contributed by atoms with van der Waals surface area (Å²) in [6, 6.07) is 4.02. The van der Waals surface area contributed by atoms with Gasteiger partial charge in [-0.05, 0) is 55.3 Å². The molecule has 0 saturated heterocycles. The Morgan fingerprint density at radius 2 is 2.05 bits per heavy atom. The van der Waals surface area contributed by atoms with Gasteiger partial charge in [-0.2, -0.15) is 0 Å². The van der Waals surface area contributed by atoms with Crippen LogP contribution in [0.1, 0.15) is 44.7 Å². The van der Waals surface area contributed by atoms with Crippen molar-refractivity contribution in [2.24, 2.45) is 0 Å². The minimum atomic E-state index is 0.115. The highest BCUT2D eigenvalue weighted by Gasteiger charge is 2.15. The molecule has 2 aromatic heterocycles. The maximum atomic E-state index is 4.80. The van der Waals surface area contributed by atoms with Crippen LogP contribution in [0, 0.1) is 0 Å². The summed E-state index contributed by atoms with van der Waals surface area (Å²) in [5.74, 6) is 0. The summed E-state index contributed by atoms with van der Waals surface area (Å²) in [7, 11) is 0. The Kier molecular flexibility index (Phi) is 5.52. The molecule has 0 spiro atoms. The molecule has 0 aliphatic rings. The van der Waals surface area contributed by atoms with Crippen LogP contribution in [0.15, 0.2) is 22.8 Å². The SMILES string of the molecule is CCCc1nc(-c2ccc(Br)cn2)sc1CNC(C)(C)C. The third-order valence-corrected chi connectivity index (χ3v) is 4.58. The Morgan fingerprint density at radius 3 is 2.62 bits per heavy atom. The molecule has 0 aromatic carbocycles. The van der Waals surface area contributed by atoms with Crippen molar-refractivity contribution in [3.63, 3.8) is 0 Å². The van der Waals surface area contributed by atoms with E-state index >= 15 is 0 Å². The van der Waals surface area contributed by atoms with Gasteiger partial charge in [-0.15, -0.1) is 11.3 Å². The van der Waals surface area contributed by atoms with Crippen LogP contribution in [-0.4, -0.2) is 15.5 Å². The van der Waals surface area contributed by atoms with Crippen LogP contribution in [0.3, 0.4) is 0 Å². The fraction of sp³-hybridized carbons (Fsp3) is 0.500. The quantitative estimate of drug-likeness (QED) is 0.823. The predicted molar refractivity (Wildman–Crippen MR) is 93.6 cm³/mol. The molecular weight excluding hydrogens is 346 g/mol. The van der Waals surface area contributed by atoms with Gasteiger partial charge in [-0.1, -0.05) is 13.3 Å². The van der Waals surface area contributed by atoms with Gasteiger partial charge in [0.2, 0.25) is 0 Å². The minimum absolute atomic E-state index is 0.115. The maximum Gasteiger partial charge on any atom is 0.142 e. The van der Waals surface area contributed by atoms with Crippen molar-refractivity contribution in [2.45, 2.75) is 52.6 Å². The summed E-state index contributed by atoms with van der Waals surface area (Å²) in [6.07, 6.45) is 3.96. The molecule has 21 heavy (non-hydrogen) atoms. The van der Waals surface area contributed by atoms with Crippen molar-refractivity contribution in [2.75, 3.05) is 0 Å². The summed E-state index contributed by atoms with van der Waals surface area (Å²) in [5, 5.41) is 4.56. The molecule has 3 nitrogen and oxygen atoms in total. The predicted octanol–water partition coefficient (Wildman–Crippen LogP) is 4.81. The van der Waals surface area contributed by atoms with E-state index in [2.05, 4.69) is 53.9 Å². The molecule has 0 radical (unpaired) electrons. The second-order valence-corrected chi connectivity index (χ2v) is 8.10. The highest BCUT2D eigenvalue weighted by Crippen LogP contribution is 2.28. The topological polar surface area (TPSA) is 37.8 Å². The van der Waals surface area contributed by atoms with Crippen molar-refractivity contribution in [3.05, 3.63) is 33.4 Å². The van der Waals surface area contributed by atoms with Crippen LogP contribution in [0.5, 0.6) is 0 Å². The van der Waals surface area contributed by atoms with Crippen LogP contribution in [0.2, 0.25) is 0 Å². The lowest BCUT2D eigenvalue weighted by atomic mass is 10.1. The van der Waals surface area contributed by atoms with E-state index in [1.165, 1.54) is 10.6 Å². The van der Waals surface area contributed by atoms with Gasteiger partial charge in [0, 0.05) is 27.6 Å². The molecule has 0 saturated carbocycles. The van der Waals surface area contributed by atoms with E-state index in [0.29, 0.717) is 0 Å². The van der Waals surface area contributed by atoms with E-state index in [1.807, 2.05) is 18.3 Å². The van der Waals surface area contributed by atoms with E-state index < -0.39 is 0 Å². The van der Waals surface area contributed by atoms with Gasteiger partial charge in [-0.3, -0.25) is 4.98 Å². The number of aromatic nitrogens is 2. The molecule has 0 atom stereocenters. The lowest BCUT2D eigenvalue weighted by molar-refractivity contribution is 0.425. The van der Waals surface area contributed by atoms with Crippen molar-refractivity contribution >= 4 is 27.3 Å². The average Bonchev–Trinajstić information content (AvgIpc) is 2.80. The fourth-order valence-corrected chi connectivity index (χ4v) is 3.17. The van der Waals surface area contributed by atoms with Gasteiger partial charge in [0.05, 0.1) is 11.4 Å². The number of aryl methyl sites for hydroxylation is 1. The van der Waals surface area contributed by atoms with Gasteiger partial charge in [0.15, 0.2) is 0 Å². The lowest BCUT2D eigenvalue weighted by Crippen LogP contribution is -2.35. The number of thiazole rings is 1. The van der Waals surface area contributed by atoms with Gasteiger partial charge in [0.1, 0.15) is 5.01 Å². The Hall–Kier alpha value is -0.780. The summed E-state index contributed by atoms with van der Waals surface area (Å²) in [5.41, 5.74) is 2.27. The molecule has 0 aliphatic carbocycles. The Balaban J connectivity index is 2.25. The summed E-state index contributed by atoms with van der Waals surface area (Å²) in [4.78, 5) is 10.6. The molecule has 2 heterocycles. The van der Waals surface area contributed by atoms with E-state index in [-0.39, 0.29) is 5.54 Å². The molecule has 0 amide bonds. The minimum Gasteiger partial charge on any atom is -0.307 e. The first-order valence-corrected chi connectivity index (χ1v) is 8.85. The Morgan fingerprint density at radius 1 is 1.29 bits per heavy atom.